The van der Waals surface area contributed by atoms with E-state index in [0.29, 0.717) is 0 Å². The Bertz CT molecular complexity index is 1770. The zero-order chi connectivity index (χ0) is 19.3. The molecule has 0 spiro atoms. The largest absolute Gasteiger partial charge is 0.307 e. The van der Waals surface area contributed by atoms with Crippen molar-refractivity contribution in [3.63, 3.8) is 0 Å². The maximum Gasteiger partial charge on any atom is 0.224 e. The number of rotatable bonds is 0. The van der Waals surface area contributed by atoms with Crippen LogP contribution in [0.1, 0.15) is 5.56 Å². The van der Waals surface area contributed by atoms with Gasteiger partial charge >= 0.3 is 0 Å². The van der Waals surface area contributed by atoms with Gasteiger partial charge in [0.25, 0.3) is 0 Å². The van der Waals surface area contributed by atoms with Crippen molar-refractivity contribution in [1.29, 1.82) is 0 Å². The van der Waals surface area contributed by atoms with Crippen LogP contribution in [0.2, 0.25) is 0 Å². The third-order valence-corrected chi connectivity index (χ3v) is 6.62. The molecule has 2 heteroatoms. The summed E-state index contributed by atoms with van der Waals surface area (Å²) in [6.07, 6.45) is 2.19. The molecule has 136 valence electrons. The molecule has 29 heavy (non-hydrogen) atoms. The van der Waals surface area contributed by atoms with Crippen LogP contribution in [0.15, 0.2) is 79.0 Å². The Kier molecular flexibility index (Phi) is 2.66. The summed E-state index contributed by atoms with van der Waals surface area (Å²) in [4.78, 5) is 0. The summed E-state index contributed by atoms with van der Waals surface area (Å²) >= 11 is 0. The van der Waals surface area contributed by atoms with Crippen molar-refractivity contribution in [1.82, 2.24) is 4.40 Å². The average Bonchev–Trinajstić information content (AvgIpc) is 3.09. The highest BCUT2D eigenvalue weighted by Gasteiger charge is 2.24. The van der Waals surface area contributed by atoms with Crippen LogP contribution >= 0.6 is 0 Å². The number of hydrogen-bond acceptors (Lipinski definition) is 0. The molecule has 0 radical (unpaired) electrons. The monoisotopic (exact) mass is 371 g/mol. The normalized spacial score (nSPS) is 12.5. The van der Waals surface area contributed by atoms with Gasteiger partial charge in [-0.3, -0.25) is 0 Å². The van der Waals surface area contributed by atoms with E-state index in [1.807, 2.05) is 0 Å². The molecule has 0 aliphatic heterocycles. The van der Waals surface area contributed by atoms with Gasteiger partial charge in [0.05, 0.1) is 27.3 Å². The minimum absolute atomic E-state index is 1.28. The van der Waals surface area contributed by atoms with Gasteiger partial charge < -0.3 is 4.40 Å². The molecule has 3 heterocycles. The van der Waals surface area contributed by atoms with Crippen LogP contribution in [-0.4, -0.2) is 4.40 Å². The fourth-order valence-corrected chi connectivity index (χ4v) is 5.43. The lowest BCUT2D eigenvalue weighted by Gasteiger charge is -2.15. The third kappa shape index (κ3) is 1.71. The minimum atomic E-state index is 1.28. The molecule has 0 saturated heterocycles. The van der Waals surface area contributed by atoms with Gasteiger partial charge in [-0.05, 0) is 29.3 Å². The Labute approximate surface area is 167 Å². The van der Waals surface area contributed by atoms with E-state index < -0.39 is 0 Å². The van der Waals surface area contributed by atoms with Gasteiger partial charge in [-0.2, -0.15) is 0 Å². The highest BCUT2D eigenvalue weighted by atomic mass is 15.0. The lowest BCUT2D eigenvalue weighted by atomic mass is 9.96. The molecule has 0 saturated carbocycles. The smallest absolute Gasteiger partial charge is 0.224 e. The molecule has 7 rings (SSSR count). The highest BCUT2D eigenvalue weighted by Crippen LogP contribution is 2.42. The molecule has 0 fully saturated rings. The molecule has 0 aliphatic rings. The minimum Gasteiger partial charge on any atom is -0.307 e. The van der Waals surface area contributed by atoms with Crippen molar-refractivity contribution in [2.45, 2.75) is 6.92 Å². The van der Waals surface area contributed by atoms with Crippen molar-refractivity contribution in [2.24, 2.45) is 7.05 Å². The summed E-state index contributed by atoms with van der Waals surface area (Å²) in [7, 11) is 2.17. The molecule has 3 aromatic heterocycles. The maximum absolute atomic E-state index is 2.52. The van der Waals surface area contributed by atoms with Crippen LogP contribution in [0.4, 0.5) is 0 Å². The Balaban J connectivity index is 2.04. The van der Waals surface area contributed by atoms with E-state index in [1.165, 1.54) is 65.3 Å². The molecule has 7 aromatic rings. The topological polar surface area (TPSA) is 8.29 Å². The number of aryl methyl sites for hydroxylation is 2. The molecule has 0 bridgehead atoms. The molecule has 0 aliphatic carbocycles. The number of benzene rings is 4. The standard InChI is InChI=1S/C27H19N2/c1-16-15-18-7-3-4-8-19(18)25-23(16)27-24-17(13-14-28(27)2)11-12-21-20-9-5-6-10-22(20)29(25)26(21)24/h3-15H,1-2H3/q+1. The van der Waals surface area contributed by atoms with E-state index >= 15 is 0 Å². The van der Waals surface area contributed by atoms with Gasteiger partial charge in [0, 0.05) is 22.2 Å². The number of hydrogen-bond donors (Lipinski definition) is 0. The van der Waals surface area contributed by atoms with Crippen molar-refractivity contribution in [3.05, 3.63) is 84.6 Å². The van der Waals surface area contributed by atoms with E-state index in [-0.39, 0.29) is 0 Å². The van der Waals surface area contributed by atoms with Gasteiger partial charge in [-0.15, -0.1) is 0 Å². The van der Waals surface area contributed by atoms with E-state index in [1.54, 1.807) is 0 Å². The van der Waals surface area contributed by atoms with Crippen molar-refractivity contribution in [2.75, 3.05) is 0 Å². The van der Waals surface area contributed by atoms with Gasteiger partial charge in [0.1, 0.15) is 7.05 Å². The first-order chi connectivity index (χ1) is 14.2. The van der Waals surface area contributed by atoms with Gasteiger partial charge in [-0.1, -0.05) is 60.7 Å². The van der Waals surface area contributed by atoms with Crippen LogP contribution in [-0.2, 0) is 7.05 Å². The molecule has 2 nitrogen and oxygen atoms in total. The zero-order valence-electron chi connectivity index (χ0n) is 16.4. The summed E-state index contributed by atoms with van der Waals surface area (Å²) in [5.74, 6) is 0. The van der Waals surface area contributed by atoms with Crippen LogP contribution in [0.5, 0.6) is 0 Å². The third-order valence-electron chi connectivity index (χ3n) is 6.62. The predicted octanol–water partition coefficient (Wildman–Crippen LogP) is 6.28. The lowest BCUT2D eigenvalue weighted by Crippen LogP contribution is -2.28. The van der Waals surface area contributed by atoms with Crippen LogP contribution in [0.25, 0.3) is 59.8 Å². The number of fused-ring (bicyclic) bond motifs is 8. The van der Waals surface area contributed by atoms with Crippen LogP contribution < -0.4 is 4.57 Å². The Morgan fingerprint density at radius 1 is 0.690 bits per heavy atom. The zero-order valence-corrected chi connectivity index (χ0v) is 16.4. The van der Waals surface area contributed by atoms with E-state index in [0.717, 1.165) is 0 Å². The second-order valence-corrected chi connectivity index (χ2v) is 8.19. The average molecular weight is 371 g/mol. The van der Waals surface area contributed by atoms with Crippen molar-refractivity contribution < 1.29 is 4.57 Å². The first-order valence-corrected chi connectivity index (χ1v) is 10.1. The number of pyridine rings is 2. The summed E-state index contributed by atoms with van der Waals surface area (Å²) in [6, 6.07) is 26.7. The fourth-order valence-electron chi connectivity index (χ4n) is 5.43. The summed E-state index contributed by atoms with van der Waals surface area (Å²) in [5.41, 5.74) is 6.57. The second-order valence-electron chi connectivity index (χ2n) is 8.19. The van der Waals surface area contributed by atoms with Crippen molar-refractivity contribution >= 4 is 59.8 Å². The quantitative estimate of drug-likeness (QED) is 0.169. The van der Waals surface area contributed by atoms with Crippen molar-refractivity contribution in [3.8, 4) is 0 Å². The molecular formula is C27H19N2+. The van der Waals surface area contributed by atoms with E-state index in [4.69, 9.17) is 0 Å². The fraction of sp³-hybridized carbons (Fsp3) is 0.0741. The van der Waals surface area contributed by atoms with Crippen LogP contribution in [0.3, 0.4) is 0 Å². The summed E-state index contributed by atoms with van der Waals surface area (Å²) in [6.45, 7) is 2.25. The highest BCUT2D eigenvalue weighted by molar-refractivity contribution is 6.29. The SMILES string of the molecule is Cc1cc2ccccc2c2c1c1c3c(ccc4c5ccccc5n2c43)cc[n+]1C. The summed E-state index contributed by atoms with van der Waals surface area (Å²) in [5, 5.41) is 9.25. The van der Waals surface area contributed by atoms with E-state index in [2.05, 4.69) is 102 Å². The molecular weight excluding hydrogens is 352 g/mol. The van der Waals surface area contributed by atoms with Crippen LogP contribution in [0, 0.1) is 6.92 Å². The second kappa shape index (κ2) is 5.03. The first-order valence-electron chi connectivity index (χ1n) is 10.1. The van der Waals surface area contributed by atoms with E-state index in [9.17, 15) is 0 Å². The number of aromatic nitrogens is 2. The summed E-state index contributed by atoms with van der Waals surface area (Å²) < 4.78 is 4.81. The Hall–Kier alpha value is -3.65. The molecule has 4 aromatic carbocycles. The molecule has 0 unspecified atom stereocenters. The number of para-hydroxylation sites is 1. The first kappa shape index (κ1) is 15.3. The molecule has 0 amide bonds. The maximum atomic E-state index is 2.52. The number of nitrogens with zero attached hydrogens (tertiary/aromatic N) is 2. The molecule has 0 atom stereocenters. The molecule has 0 N–H and O–H groups in total. The van der Waals surface area contributed by atoms with Gasteiger partial charge in [-0.25, -0.2) is 4.57 Å². The lowest BCUT2D eigenvalue weighted by molar-refractivity contribution is -0.643. The predicted molar refractivity (Wildman–Crippen MR) is 122 cm³/mol. The Morgan fingerprint density at radius 3 is 2.34 bits per heavy atom. The van der Waals surface area contributed by atoms with Gasteiger partial charge in [0.2, 0.25) is 5.52 Å². The Morgan fingerprint density at radius 2 is 1.45 bits per heavy atom. The van der Waals surface area contributed by atoms with Gasteiger partial charge in [0.15, 0.2) is 6.20 Å².